The Balaban J connectivity index is 0.00000320. The number of halogens is 2. The van der Waals surface area contributed by atoms with E-state index < -0.39 is 0 Å². The predicted molar refractivity (Wildman–Crippen MR) is 132 cm³/mol. The third-order valence-corrected chi connectivity index (χ3v) is 6.39. The van der Waals surface area contributed by atoms with Gasteiger partial charge in [-0.2, -0.15) is 0 Å². The zero-order valence-electron chi connectivity index (χ0n) is 18.1. The van der Waals surface area contributed by atoms with E-state index in [0.717, 1.165) is 69.7 Å². The van der Waals surface area contributed by atoms with E-state index in [1.807, 2.05) is 19.2 Å². The highest BCUT2D eigenvalue weighted by atomic mass is 127. The van der Waals surface area contributed by atoms with Crippen LogP contribution in [0.4, 0.5) is 0 Å². The molecule has 0 saturated carbocycles. The Morgan fingerprint density at radius 2 is 2.07 bits per heavy atom. The number of methoxy groups -OCH3 is 1. The number of hydrogen-bond acceptors (Lipinski definition) is 4. The lowest BCUT2D eigenvalue weighted by Crippen LogP contribution is -2.49. The minimum Gasteiger partial charge on any atom is -0.382 e. The van der Waals surface area contributed by atoms with E-state index in [4.69, 9.17) is 25.8 Å². The van der Waals surface area contributed by atoms with Crippen molar-refractivity contribution < 1.29 is 14.2 Å². The molecule has 2 aliphatic rings. The number of benzene rings is 1. The number of likely N-dealkylation sites (tertiary alicyclic amines) is 1. The van der Waals surface area contributed by atoms with Crippen molar-refractivity contribution in [1.82, 2.24) is 10.2 Å². The van der Waals surface area contributed by atoms with E-state index >= 15 is 0 Å². The van der Waals surface area contributed by atoms with Gasteiger partial charge in [-0.25, -0.2) is 0 Å². The summed E-state index contributed by atoms with van der Waals surface area (Å²) in [5.74, 6) is 1.49. The topological polar surface area (TPSA) is 55.3 Å². The number of rotatable bonds is 8. The molecule has 30 heavy (non-hydrogen) atoms. The summed E-state index contributed by atoms with van der Waals surface area (Å²) in [6.45, 7) is 6.37. The monoisotopic (exact) mass is 551 g/mol. The zero-order chi connectivity index (χ0) is 20.5. The Morgan fingerprint density at radius 1 is 1.30 bits per heavy atom. The molecular weight excluding hydrogens is 517 g/mol. The second-order valence-electron chi connectivity index (χ2n) is 7.94. The molecule has 1 aromatic rings. The Morgan fingerprint density at radius 3 is 2.77 bits per heavy atom. The van der Waals surface area contributed by atoms with Gasteiger partial charge in [-0.15, -0.1) is 24.0 Å². The van der Waals surface area contributed by atoms with Gasteiger partial charge in [0.2, 0.25) is 0 Å². The summed E-state index contributed by atoms with van der Waals surface area (Å²) < 4.78 is 16.4. The maximum atomic E-state index is 6.58. The molecule has 6 nitrogen and oxygen atoms in total. The Bertz CT molecular complexity index is 671. The first-order valence-corrected chi connectivity index (χ1v) is 10.9. The van der Waals surface area contributed by atoms with Crippen LogP contribution in [0.3, 0.4) is 0 Å². The van der Waals surface area contributed by atoms with Crippen molar-refractivity contribution in [3.05, 3.63) is 34.9 Å². The molecule has 3 rings (SSSR count). The average molecular weight is 552 g/mol. The zero-order valence-corrected chi connectivity index (χ0v) is 21.2. The number of aliphatic imine (C=N–C) groups is 1. The number of guanidine groups is 1. The van der Waals surface area contributed by atoms with Crippen molar-refractivity contribution in [2.75, 3.05) is 66.8 Å². The van der Waals surface area contributed by atoms with Gasteiger partial charge in [-0.3, -0.25) is 4.99 Å². The predicted octanol–water partition coefficient (Wildman–Crippen LogP) is 3.57. The fraction of sp³-hybridized carbons (Fsp3) is 0.682. The van der Waals surface area contributed by atoms with Gasteiger partial charge < -0.3 is 24.4 Å². The van der Waals surface area contributed by atoms with Gasteiger partial charge in [0.25, 0.3) is 0 Å². The molecule has 170 valence electrons. The van der Waals surface area contributed by atoms with Gasteiger partial charge in [-0.05, 0) is 30.9 Å². The van der Waals surface area contributed by atoms with Crippen LogP contribution in [0.15, 0.2) is 29.3 Å². The standard InChI is InChI=1S/C22H34ClN3O3.HI/c1-24-21(26-10-7-18(15-26)16-29-14-13-27-2)25-17-22(8-11-28-12-9-22)19-5-3-4-6-20(19)23;/h3-6,18H,7-17H2,1-2H3,(H,24,25);1H. The minimum atomic E-state index is -0.0328. The van der Waals surface area contributed by atoms with Crippen molar-refractivity contribution in [3.63, 3.8) is 0 Å². The van der Waals surface area contributed by atoms with Crippen LogP contribution in [0.1, 0.15) is 24.8 Å². The fourth-order valence-electron chi connectivity index (χ4n) is 4.33. The van der Waals surface area contributed by atoms with E-state index in [-0.39, 0.29) is 29.4 Å². The fourth-order valence-corrected chi connectivity index (χ4v) is 4.66. The van der Waals surface area contributed by atoms with E-state index in [9.17, 15) is 0 Å². The van der Waals surface area contributed by atoms with Crippen LogP contribution in [0.2, 0.25) is 5.02 Å². The second-order valence-corrected chi connectivity index (χ2v) is 8.35. The summed E-state index contributed by atoms with van der Waals surface area (Å²) >= 11 is 6.58. The third kappa shape index (κ3) is 6.69. The molecule has 2 fully saturated rings. The molecule has 1 aromatic carbocycles. The molecule has 2 aliphatic heterocycles. The van der Waals surface area contributed by atoms with E-state index in [1.54, 1.807) is 7.11 Å². The van der Waals surface area contributed by atoms with E-state index in [0.29, 0.717) is 19.1 Å². The smallest absolute Gasteiger partial charge is 0.193 e. The van der Waals surface area contributed by atoms with Crippen LogP contribution < -0.4 is 5.32 Å². The first-order chi connectivity index (χ1) is 14.2. The quantitative estimate of drug-likeness (QED) is 0.232. The molecule has 2 saturated heterocycles. The number of nitrogens with one attached hydrogen (secondary N) is 1. The highest BCUT2D eigenvalue weighted by Gasteiger charge is 2.37. The van der Waals surface area contributed by atoms with Gasteiger partial charge in [0.1, 0.15) is 0 Å². The lowest BCUT2D eigenvalue weighted by Gasteiger charge is -2.39. The Labute approximate surface area is 202 Å². The van der Waals surface area contributed by atoms with Crippen molar-refractivity contribution in [2.24, 2.45) is 10.9 Å². The number of hydrogen-bond donors (Lipinski definition) is 1. The SMILES string of the molecule is CN=C(NCC1(c2ccccc2Cl)CCOCC1)N1CCC(COCCOC)C1.I. The molecule has 1 unspecified atom stereocenters. The molecule has 1 N–H and O–H groups in total. The molecule has 2 heterocycles. The Hall–Kier alpha value is -0.610. The summed E-state index contributed by atoms with van der Waals surface area (Å²) in [5, 5.41) is 4.48. The molecule has 0 aliphatic carbocycles. The lowest BCUT2D eigenvalue weighted by molar-refractivity contribution is 0.0509. The lowest BCUT2D eigenvalue weighted by atomic mass is 9.74. The second kappa shape index (κ2) is 13.1. The van der Waals surface area contributed by atoms with Crippen LogP contribution in [0.25, 0.3) is 0 Å². The first kappa shape index (κ1) is 25.6. The molecule has 1 atom stereocenters. The van der Waals surface area contributed by atoms with Crippen LogP contribution in [0, 0.1) is 5.92 Å². The Kier molecular flexibility index (Phi) is 11.2. The summed E-state index contributed by atoms with van der Waals surface area (Å²) in [6.07, 6.45) is 3.03. The van der Waals surface area contributed by atoms with Crippen molar-refractivity contribution in [3.8, 4) is 0 Å². The van der Waals surface area contributed by atoms with Gasteiger partial charge in [0.15, 0.2) is 5.96 Å². The van der Waals surface area contributed by atoms with Crippen molar-refractivity contribution in [2.45, 2.75) is 24.7 Å². The van der Waals surface area contributed by atoms with Crippen LogP contribution in [-0.4, -0.2) is 77.7 Å². The highest BCUT2D eigenvalue weighted by Crippen LogP contribution is 2.38. The molecule has 0 aromatic heterocycles. The largest absolute Gasteiger partial charge is 0.382 e. The van der Waals surface area contributed by atoms with Gasteiger partial charge >= 0.3 is 0 Å². The average Bonchev–Trinajstić information content (AvgIpc) is 3.21. The molecule has 8 heteroatoms. The number of ether oxygens (including phenoxy) is 3. The van der Waals surface area contributed by atoms with Crippen molar-refractivity contribution >= 4 is 41.5 Å². The number of nitrogens with zero attached hydrogens (tertiary/aromatic N) is 2. The maximum absolute atomic E-state index is 6.58. The summed E-state index contributed by atoms with van der Waals surface area (Å²) in [4.78, 5) is 6.89. The molecular formula is C22H35ClIN3O3. The van der Waals surface area contributed by atoms with Crippen LogP contribution >= 0.6 is 35.6 Å². The van der Waals surface area contributed by atoms with Crippen LogP contribution in [-0.2, 0) is 19.6 Å². The normalized spacial score (nSPS) is 21.4. The van der Waals surface area contributed by atoms with Crippen LogP contribution in [0.5, 0.6) is 0 Å². The molecule has 0 radical (unpaired) electrons. The maximum Gasteiger partial charge on any atom is 0.193 e. The third-order valence-electron chi connectivity index (χ3n) is 6.06. The van der Waals surface area contributed by atoms with E-state index in [1.165, 1.54) is 5.56 Å². The minimum absolute atomic E-state index is 0. The highest BCUT2D eigenvalue weighted by molar-refractivity contribution is 14.0. The van der Waals surface area contributed by atoms with E-state index in [2.05, 4.69) is 27.3 Å². The molecule has 0 amide bonds. The molecule has 0 spiro atoms. The van der Waals surface area contributed by atoms with Gasteiger partial charge in [0, 0.05) is 63.4 Å². The summed E-state index contributed by atoms with van der Waals surface area (Å²) in [5.41, 5.74) is 1.17. The summed E-state index contributed by atoms with van der Waals surface area (Å²) in [6, 6.07) is 8.20. The van der Waals surface area contributed by atoms with Gasteiger partial charge in [-0.1, -0.05) is 29.8 Å². The molecule has 0 bridgehead atoms. The summed E-state index contributed by atoms with van der Waals surface area (Å²) in [7, 11) is 3.56. The van der Waals surface area contributed by atoms with Gasteiger partial charge in [0.05, 0.1) is 19.8 Å². The van der Waals surface area contributed by atoms with Crippen molar-refractivity contribution in [1.29, 1.82) is 0 Å². The first-order valence-electron chi connectivity index (χ1n) is 10.5.